The Bertz CT molecular complexity index is 2120. The van der Waals surface area contributed by atoms with E-state index in [2.05, 4.69) is 42.5 Å². The van der Waals surface area contributed by atoms with Crippen LogP contribution in [0.1, 0.15) is 50.7 Å². The summed E-state index contributed by atoms with van der Waals surface area (Å²) in [5.41, 5.74) is 17.1. The van der Waals surface area contributed by atoms with Crippen LogP contribution >= 0.6 is 0 Å². The summed E-state index contributed by atoms with van der Waals surface area (Å²) in [6, 6.07) is 5.47. The van der Waals surface area contributed by atoms with Gasteiger partial charge in [0.15, 0.2) is 0 Å². The van der Waals surface area contributed by atoms with Gasteiger partial charge in [-0.25, -0.2) is 0 Å². The van der Waals surface area contributed by atoms with E-state index in [1.807, 2.05) is 0 Å². The molecule has 0 bridgehead atoms. The van der Waals surface area contributed by atoms with Crippen molar-refractivity contribution >= 4 is 65.0 Å². The molecule has 7 atom stereocenters. The van der Waals surface area contributed by atoms with Crippen LogP contribution in [0.5, 0.6) is 5.75 Å². The summed E-state index contributed by atoms with van der Waals surface area (Å²) in [5, 5.41) is 29.9. The number of phenolic OH excluding ortho intramolecular Hbond substituents is 1. The molecule has 1 heterocycles. The van der Waals surface area contributed by atoms with Gasteiger partial charge >= 0.3 is 0 Å². The van der Waals surface area contributed by atoms with Gasteiger partial charge in [0, 0.05) is 32.9 Å². The largest absolute Gasteiger partial charge is 0.508 e. The van der Waals surface area contributed by atoms with Crippen LogP contribution in [0.2, 0.25) is 0 Å². The van der Waals surface area contributed by atoms with Gasteiger partial charge in [-0.3, -0.25) is 52.7 Å². The third kappa shape index (κ3) is 18.4. The number of aromatic hydroxyl groups is 1. The lowest BCUT2D eigenvalue weighted by Gasteiger charge is -2.30. The molecule has 1 aliphatic rings. The van der Waals surface area contributed by atoms with Gasteiger partial charge in [-0.15, -0.1) is 0 Å². The molecule has 2 aromatic rings. The van der Waals surface area contributed by atoms with E-state index in [-0.39, 0.29) is 18.6 Å². The molecule has 0 spiro atoms. The van der Waals surface area contributed by atoms with Gasteiger partial charge in [-0.2, -0.15) is 0 Å². The summed E-state index contributed by atoms with van der Waals surface area (Å²) in [7, 11) is 1.19. The molecule has 0 saturated carbocycles. The molecule has 1 saturated heterocycles. The zero-order chi connectivity index (χ0) is 49.8. The zero-order valence-corrected chi connectivity index (χ0v) is 37.4. The lowest BCUT2D eigenvalue weighted by molar-refractivity contribution is -0.140. The van der Waals surface area contributed by atoms with Crippen molar-refractivity contribution in [3.05, 3.63) is 65.7 Å². The number of carbonyl (C=O) groups excluding carboxylic acids is 11. The van der Waals surface area contributed by atoms with E-state index in [0.717, 1.165) is 4.90 Å². The summed E-state index contributed by atoms with van der Waals surface area (Å²) in [4.78, 5) is 146. The second kappa shape index (κ2) is 26.4. The first-order valence-electron chi connectivity index (χ1n) is 21.4. The minimum Gasteiger partial charge on any atom is -0.508 e. The van der Waals surface area contributed by atoms with Crippen molar-refractivity contribution in [2.24, 2.45) is 23.1 Å². The van der Waals surface area contributed by atoms with Crippen LogP contribution in [-0.2, 0) is 65.6 Å². The van der Waals surface area contributed by atoms with Gasteiger partial charge in [0.05, 0.1) is 26.1 Å². The van der Waals surface area contributed by atoms with Gasteiger partial charge in [0.1, 0.15) is 42.0 Å². The predicted octanol–water partition coefficient (Wildman–Crippen LogP) is -5.06. The van der Waals surface area contributed by atoms with Crippen LogP contribution in [-0.4, -0.2) is 144 Å². The van der Waals surface area contributed by atoms with Crippen molar-refractivity contribution in [2.45, 2.75) is 88.6 Å². The topological polar surface area (TPSA) is 386 Å². The Morgan fingerprint density at radius 3 is 2.00 bits per heavy atom. The van der Waals surface area contributed by atoms with Crippen molar-refractivity contribution in [3.63, 3.8) is 0 Å². The molecule has 24 heteroatoms. The molecule has 364 valence electrons. The fourth-order valence-corrected chi connectivity index (χ4v) is 6.74. The van der Waals surface area contributed by atoms with E-state index in [1.54, 1.807) is 44.2 Å². The minimum absolute atomic E-state index is 0.0184. The maximum absolute atomic E-state index is 14.1. The Hall–Kier alpha value is -7.63. The monoisotopic (exact) mass is 936 g/mol. The smallest absolute Gasteiger partial charge is 0.246 e. The lowest BCUT2D eigenvalue weighted by Crippen LogP contribution is -2.62. The SMILES string of the molecule is CC[C@H](C)[C@@H]1NC(=O)[C@H](Cc2ccc(O)cc2)NC(=O)CNC[C@@H](C(=O)N(C)CC(=O)N[C@@H](Cc2ccccc2)C(=O)NCC(N)=O)NC(=O)[C@H](CC(N)=O)NC(=O)[C@H](CCC(N)=O)NC1=O. The number of nitrogens with one attached hydrogen (secondary N) is 8. The second-order valence-electron chi connectivity index (χ2n) is 16.0. The average molecular weight is 937 g/mol. The van der Waals surface area contributed by atoms with Gasteiger partial charge in [0.2, 0.25) is 65.0 Å². The number of phenols is 1. The van der Waals surface area contributed by atoms with Crippen molar-refractivity contribution in [3.8, 4) is 5.75 Å². The van der Waals surface area contributed by atoms with Crippen molar-refractivity contribution < 1.29 is 57.8 Å². The number of rotatable bonds is 18. The predicted molar refractivity (Wildman–Crippen MR) is 238 cm³/mol. The maximum Gasteiger partial charge on any atom is 0.246 e. The summed E-state index contributed by atoms with van der Waals surface area (Å²) in [6.45, 7) is 1.09. The number of nitrogens with two attached hydrogens (primary N) is 3. The standard InChI is InChI=1S/C43H60N12O12/c1-4-23(2)37-42(66)51-27(14-15-32(44)57)39(63)52-30(18-33(45)58)40(64)53-31(19-47-21-35(60)49-29(41(65)54-37)17-25-10-12-26(56)13-11-25)43(67)55(3)22-36(61)50-28(38(62)48-20-34(46)59)16-24-8-6-5-7-9-24/h5-13,23,27-31,37,47,56H,4,14-22H2,1-3H3,(H2,44,57)(H2,45,58)(H2,46,59)(H,48,62)(H,49,60)(H,50,61)(H,51,66)(H,52,63)(H,53,64)(H,54,65)/t23-,27-,28-,29-,30-,31-,37-/m0/s1. The quantitative estimate of drug-likeness (QED) is 0.0667. The highest BCUT2D eigenvalue weighted by Crippen LogP contribution is 2.14. The van der Waals surface area contributed by atoms with Crippen LogP contribution in [0.3, 0.4) is 0 Å². The van der Waals surface area contributed by atoms with Crippen LogP contribution in [0.25, 0.3) is 0 Å². The Morgan fingerprint density at radius 2 is 1.39 bits per heavy atom. The molecule has 3 rings (SSSR count). The third-order valence-corrected chi connectivity index (χ3v) is 10.5. The van der Waals surface area contributed by atoms with Gasteiger partial charge in [-0.05, 0) is 35.6 Å². The molecule has 1 fully saturated rings. The highest BCUT2D eigenvalue weighted by molar-refractivity contribution is 5.99. The molecule has 24 nitrogen and oxygen atoms in total. The van der Waals surface area contributed by atoms with E-state index >= 15 is 0 Å². The van der Waals surface area contributed by atoms with Crippen LogP contribution in [0.4, 0.5) is 0 Å². The number of benzene rings is 2. The zero-order valence-electron chi connectivity index (χ0n) is 37.4. The van der Waals surface area contributed by atoms with Crippen molar-refractivity contribution in [2.75, 3.05) is 33.2 Å². The first-order chi connectivity index (χ1) is 31.7. The highest BCUT2D eigenvalue weighted by Gasteiger charge is 2.36. The van der Waals surface area contributed by atoms with Gasteiger partial charge in [-0.1, -0.05) is 62.7 Å². The van der Waals surface area contributed by atoms with Crippen LogP contribution in [0.15, 0.2) is 54.6 Å². The highest BCUT2D eigenvalue weighted by atomic mass is 16.3. The van der Waals surface area contributed by atoms with E-state index in [9.17, 15) is 57.8 Å². The maximum atomic E-state index is 14.1. The molecule has 0 aromatic heterocycles. The van der Waals surface area contributed by atoms with Crippen molar-refractivity contribution in [1.82, 2.24) is 47.4 Å². The second-order valence-corrected chi connectivity index (χ2v) is 16.0. The minimum atomic E-state index is -1.78. The molecule has 0 aliphatic carbocycles. The number of amides is 11. The lowest BCUT2D eigenvalue weighted by atomic mass is 9.96. The Balaban J connectivity index is 2.00. The number of hydrogen-bond donors (Lipinski definition) is 12. The molecule has 15 N–H and O–H groups in total. The molecule has 67 heavy (non-hydrogen) atoms. The Kier molecular flexibility index (Phi) is 21.1. The number of hydrogen-bond acceptors (Lipinski definition) is 13. The molecular weight excluding hydrogens is 877 g/mol. The number of carbonyl (C=O) groups is 11. The normalized spacial score (nSPS) is 20.6. The fraction of sp³-hybridized carbons (Fsp3) is 0.465. The van der Waals surface area contributed by atoms with Gasteiger partial charge in [0.25, 0.3) is 0 Å². The third-order valence-electron chi connectivity index (χ3n) is 10.5. The van der Waals surface area contributed by atoms with Gasteiger partial charge < -0.3 is 69.7 Å². The molecule has 11 amide bonds. The van der Waals surface area contributed by atoms with E-state index < -0.39 is 153 Å². The molecular formula is C43H60N12O12. The summed E-state index contributed by atoms with van der Waals surface area (Å²) in [6.07, 6.45) is -1.44. The first-order valence-corrected chi connectivity index (χ1v) is 21.4. The van der Waals surface area contributed by atoms with Crippen molar-refractivity contribution in [1.29, 1.82) is 0 Å². The summed E-state index contributed by atoms with van der Waals surface area (Å²) < 4.78 is 0. The van der Waals surface area contributed by atoms with E-state index in [1.165, 1.54) is 31.3 Å². The van der Waals surface area contributed by atoms with E-state index in [4.69, 9.17) is 17.2 Å². The number of nitrogens with zero attached hydrogens (tertiary/aromatic N) is 1. The number of primary amides is 3. The first kappa shape index (κ1) is 53.7. The molecule has 0 unspecified atom stereocenters. The Morgan fingerprint density at radius 1 is 0.761 bits per heavy atom. The van der Waals surface area contributed by atoms with Crippen LogP contribution < -0.4 is 59.7 Å². The van der Waals surface area contributed by atoms with E-state index in [0.29, 0.717) is 17.5 Å². The molecule has 2 aromatic carbocycles. The fourth-order valence-electron chi connectivity index (χ4n) is 6.74. The Labute approximate surface area is 386 Å². The number of likely N-dealkylation sites (N-methyl/N-ethyl adjacent to an activating group) is 1. The average Bonchev–Trinajstić information content (AvgIpc) is 3.27. The molecule has 1 aliphatic heterocycles. The summed E-state index contributed by atoms with van der Waals surface area (Å²) >= 11 is 0. The molecule has 0 radical (unpaired) electrons. The van der Waals surface area contributed by atoms with Crippen LogP contribution in [0, 0.1) is 5.92 Å². The summed E-state index contributed by atoms with van der Waals surface area (Å²) in [5.74, 6) is -10.6.